The molecule has 0 amide bonds. The summed E-state index contributed by atoms with van der Waals surface area (Å²) in [4.78, 5) is 28.5. The van der Waals surface area contributed by atoms with Crippen molar-refractivity contribution in [3.05, 3.63) is 90.1 Å². The van der Waals surface area contributed by atoms with Gasteiger partial charge in [0.25, 0.3) is 11.4 Å². The van der Waals surface area contributed by atoms with Crippen molar-refractivity contribution in [2.75, 3.05) is 0 Å². The molecule has 0 saturated heterocycles. The third kappa shape index (κ3) is 4.46. The number of benzene rings is 2. The minimum Gasteiger partial charge on any atom is -0.258 e. The van der Waals surface area contributed by atoms with Gasteiger partial charge in [0.1, 0.15) is 0 Å². The average Bonchev–Trinajstić information content (AvgIpc) is 2.67. The number of aromatic nitrogens is 2. The number of fused-ring (bicyclic) bond motifs is 2. The topological polar surface area (TPSA) is 112 Å². The molecule has 140 valence electrons. The van der Waals surface area contributed by atoms with Crippen LogP contribution in [0.4, 0.5) is 11.4 Å². The van der Waals surface area contributed by atoms with Crippen molar-refractivity contribution in [2.45, 2.75) is 0 Å². The van der Waals surface area contributed by atoms with E-state index in [1.807, 2.05) is 0 Å². The summed E-state index contributed by atoms with van der Waals surface area (Å²) in [6.45, 7) is 0. The summed E-state index contributed by atoms with van der Waals surface area (Å²) in [6.07, 6.45) is 3.31. The highest BCUT2D eigenvalue weighted by atomic mass is 79.9. The van der Waals surface area contributed by atoms with Gasteiger partial charge in [-0.2, -0.15) is 0 Å². The van der Waals surface area contributed by atoms with Crippen LogP contribution in [0.2, 0.25) is 0 Å². The van der Waals surface area contributed by atoms with Gasteiger partial charge in [0.2, 0.25) is 0 Å². The molecule has 0 aliphatic carbocycles. The molecule has 0 bridgehead atoms. The van der Waals surface area contributed by atoms with Gasteiger partial charge in [0, 0.05) is 51.9 Å². The van der Waals surface area contributed by atoms with Crippen molar-refractivity contribution in [1.82, 2.24) is 9.97 Å². The third-order valence-corrected chi connectivity index (χ3v) is 4.73. The molecule has 4 rings (SSSR count). The molecule has 2 aromatic heterocycles. The normalized spacial score (nSPS) is 10.4. The Bertz CT molecular complexity index is 1220. The average molecular weight is 506 g/mol. The largest absolute Gasteiger partial charge is 0.271 e. The Morgan fingerprint density at radius 1 is 0.821 bits per heavy atom. The number of rotatable bonds is 2. The summed E-state index contributed by atoms with van der Waals surface area (Å²) in [6, 6.07) is 12.9. The van der Waals surface area contributed by atoms with Crippen LogP contribution in [0.15, 0.2) is 69.9 Å². The van der Waals surface area contributed by atoms with Crippen molar-refractivity contribution in [3.63, 3.8) is 0 Å². The van der Waals surface area contributed by atoms with Crippen LogP contribution in [0.5, 0.6) is 0 Å². The molecule has 28 heavy (non-hydrogen) atoms. The van der Waals surface area contributed by atoms with Gasteiger partial charge in [0.05, 0.1) is 25.4 Å². The van der Waals surface area contributed by atoms with Gasteiger partial charge in [-0.25, -0.2) is 0 Å². The van der Waals surface area contributed by atoms with E-state index < -0.39 is 9.85 Å². The van der Waals surface area contributed by atoms with Gasteiger partial charge in [-0.05, 0) is 50.1 Å². The molecule has 2 heterocycles. The monoisotopic (exact) mass is 504 g/mol. The minimum absolute atomic E-state index is 0.0670. The molecule has 2 aromatic carbocycles. The van der Waals surface area contributed by atoms with Gasteiger partial charge in [-0.1, -0.05) is 6.07 Å². The standard InChI is InChI=1S/2C9H5BrN2O2/c10-7-3-6-4-8(12(13)14)1-2-9(6)11-5-7;10-8-5-7(12(13)14)4-6-2-1-3-11-9(6)8/h2*1-5H. The highest BCUT2D eigenvalue weighted by Crippen LogP contribution is 2.27. The molecule has 0 fully saturated rings. The van der Waals surface area contributed by atoms with Gasteiger partial charge in [-0.15, -0.1) is 0 Å². The zero-order valence-electron chi connectivity index (χ0n) is 14.0. The summed E-state index contributed by atoms with van der Waals surface area (Å²) >= 11 is 6.51. The second kappa shape index (κ2) is 8.36. The smallest absolute Gasteiger partial charge is 0.258 e. The Labute approximate surface area is 174 Å². The molecular weight excluding hydrogens is 496 g/mol. The lowest BCUT2D eigenvalue weighted by Gasteiger charge is -1.98. The van der Waals surface area contributed by atoms with E-state index >= 15 is 0 Å². The van der Waals surface area contributed by atoms with Crippen molar-refractivity contribution in [2.24, 2.45) is 0 Å². The van der Waals surface area contributed by atoms with Crippen molar-refractivity contribution in [3.8, 4) is 0 Å². The number of pyridine rings is 2. The molecule has 0 atom stereocenters. The molecule has 0 aliphatic rings. The first-order valence-corrected chi connectivity index (χ1v) is 9.32. The number of nitro groups is 2. The molecular formula is C18H10Br2N4O4. The zero-order valence-corrected chi connectivity index (χ0v) is 17.1. The highest BCUT2D eigenvalue weighted by Gasteiger charge is 2.10. The summed E-state index contributed by atoms with van der Waals surface area (Å²) < 4.78 is 1.45. The third-order valence-electron chi connectivity index (χ3n) is 3.70. The van der Waals surface area contributed by atoms with E-state index in [2.05, 4.69) is 41.8 Å². The lowest BCUT2D eigenvalue weighted by molar-refractivity contribution is -0.384. The van der Waals surface area contributed by atoms with Crippen LogP contribution in [0.1, 0.15) is 0 Å². The first-order chi connectivity index (χ1) is 13.3. The summed E-state index contributed by atoms with van der Waals surface area (Å²) in [7, 11) is 0. The Morgan fingerprint density at radius 3 is 2.25 bits per heavy atom. The summed E-state index contributed by atoms with van der Waals surface area (Å²) in [5.74, 6) is 0. The predicted octanol–water partition coefficient (Wildman–Crippen LogP) is 5.81. The van der Waals surface area contributed by atoms with Crippen LogP contribution in [-0.2, 0) is 0 Å². The molecule has 10 heteroatoms. The number of hydrogen-bond acceptors (Lipinski definition) is 6. The minimum atomic E-state index is -0.419. The van der Waals surface area contributed by atoms with E-state index in [0.29, 0.717) is 4.47 Å². The van der Waals surface area contributed by atoms with E-state index in [4.69, 9.17) is 0 Å². The van der Waals surface area contributed by atoms with Crippen molar-refractivity contribution < 1.29 is 9.85 Å². The van der Waals surface area contributed by atoms with Crippen LogP contribution in [0.3, 0.4) is 0 Å². The van der Waals surface area contributed by atoms with Crippen LogP contribution in [-0.4, -0.2) is 19.8 Å². The van der Waals surface area contributed by atoms with Gasteiger partial charge < -0.3 is 0 Å². The molecule has 0 saturated carbocycles. The van der Waals surface area contributed by atoms with E-state index in [0.717, 1.165) is 26.3 Å². The lowest BCUT2D eigenvalue weighted by atomic mass is 10.2. The number of nitrogens with zero attached hydrogens (tertiary/aromatic N) is 4. The Hall–Kier alpha value is -2.98. The molecule has 0 N–H and O–H groups in total. The maximum absolute atomic E-state index is 10.6. The first-order valence-electron chi connectivity index (χ1n) is 7.73. The maximum atomic E-state index is 10.6. The highest BCUT2D eigenvalue weighted by molar-refractivity contribution is 9.11. The number of non-ortho nitro benzene ring substituents is 2. The molecule has 0 unspecified atom stereocenters. The lowest BCUT2D eigenvalue weighted by Crippen LogP contribution is -1.89. The zero-order chi connectivity index (χ0) is 20.3. The second-order valence-corrected chi connectivity index (χ2v) is 7.32. The second-order valence-electron chi connectivity index (χ2n) is 5.55. The Morgan fingerprint density at radius 2 is 1.54 bits per heavy atom. The fourth-order valence-electron chi connectivity index (χ4n) is 2.44. The summed E-state index contributed by atoms with van der Waals surface area (Å²) in [5, 5.41) is 22.6. The molecule has 8 nitrogen and oxygen atoms in total. The molecule has 0 radical (unpaired) electrons. The van der Waals surface area contributed by atoms with Crippen molar-refractivity contribution in [1.29, 1.82) is 0 Å². The molecule has 0 aliphatic heterocycles. The summed E-state index contributed by atoms with van der Waals surface area (Å²) in [5.41, 5.74) is 1.63. The Kier molecular flexibility index (Phi) is 5.90. The van der Waals surface area contributed by atoms with Gasteiger partial charge in [0.15, 0.2) is 0 Å². The van der Waals surface area contributed by atoms with Gasteiger partial charge in [-0.3, -0.25) is 30.2 Å². The van der Waals surface area contributed by atoms with E-state index in [1.165, 1.54) is 24.3 Å². The van der Waals surface area contributed by atoms with Crippen molar-refractivity contribution >= 4 is 65.0 Å². The molecule has 4 aromatic rings. The fraction of sp³-hybridized carbons (Fsp3) is 0. The number of nitro benzene ring substituents is 2. The van der Waals surface area contributed by atoms with E-state index in [1.54, 1.807) is 36.7 Å². The molecule has 0 spiro atoms. The SMILES string of the molecule is O=[N+]([O-])c1cc(Br)c2ncccc2c1.O=[N+]([O-])c1ccc2ncc(Br)cc2c1. The predicted molar refractivity (Wildman–Crippen MR) is 112 cm³/mol. The van der Waals surface area contributed by atoms with E-state index in [-0.39, 0.29) is 11.4 Å². The maximum Gasteiger partial charge on any atom is 0.271 e. The van der Waals surface area contributed by atoms with E-state index in [9.17, 15) is 20.2 Å². The van der Waals surface area contributed by atoms with Crippen LogP contribution in [0, 0.1) is 20.2 Å². The van der Waals surface area contributed by atoms with Crippen LogP contribution in [0.25, 0.3) is 21.8 Å². The number of halogens is 2. The van der Waals surface area contributed by atoms with Gasteiger partial charge >= 0.3 is 0 Å². The number of hydrogen-bond donors (Lipinski definition) is 0. The van der Waals surface area contributed by atoms with Crippen LogP contribution >= 0.6 is 31.9 Å². The Balaban J connectivity index is 0.000000161. The van der Waals surface area contributed by atoms with Crippen LogP contribution < -0.4 is 0 Å². The first kappa shape index (κ1) is 19.8. The quantitative estimate of drug-likeness (QED) is 0.251. The fourth-order valence-corrected chi connectivity index (χ4v) is 3.36.